The zero-order valence-corrected chi connectivity index (χ0v) is 10.9. The van der Waals surface area contributed by atoms with Crippen molar-refractivity contribution in [1.29, 1.82) is 5.26 Å². The number of ether oxygens (including phenoxy) is 2. The van der Waals surface area contributed by atoms with Gasteiger partial charge < -0.3 is 14.8 Å². The predicted octanol–water partition coefficient (Wildman–Crippen LogP) is 1.55. The van der Waals surface area contributed by atoms with Crippen LogP contribution in [0.4, 0.5) is 5.82 Å². The van der Waals surface area contributed by atoms with Gasteiger partial charge in [-0.3, -0.25) is 9.89 Å². The Hall–Kier alpha value is -3.01. The maximum atomic E-state index is 12.2. The molecule has 0 aliphatic rings. The molecule has 2 aromatic rings. The van der Waals surface area contributed by atoms with Gasteiger partial charge in [0, 0.05) is 0 Å². The van der Waals surface area contributed by atoms with Gasteiger partial charge in [0.15, 0.2) is 11.5 Å². The van der Waals surface area contributed by atoms with Gasteiger partial charge >= 0.3 is 0 Å². The predicted molar refractivity (Wildman–Crippen MR) is 70.8 cm³/mol. The van der Waals surface area contributed by atoms with Crippen molar-refractivity contribution in [3.63, 3.8) is 0 Å². The van der Waals surface area contributed by atoms with Crippen LogP contribution in [0.2, 0.25) is 0 Å². The molecule has 2 rings (SSSR count). The molecule has 0 aliphatic carbocycles. The number of benzene rings is 1. The number of rotatable bonds is 4. The summed E-state index contributed by atoms with van der Waals surface area (Å²) in [6.45, 7) is 0. The third kappa shape index (κ3) is 2.40. The highest BCUT2D eigenvalue weighted by Crippen LogP contribution is 2.31. The Morgan fingerprint density at radius 3 is 2.85 bits per heavy atom. The Morgan fingerprint density at radius 2 is 2.20 bits per heavy atom. The number of nitriles is 1. The van der Waals surface area contributed by atoms with Crippen LogP contribution in [0.15, 0.2) is 24.4 Å². The average molecular weight is 272 g/mol. The lowest BCUT2D eigenvalue weighted by Gasteiger charge is -2.12. The van der Waals surface area contributed by atoms with Crippen LogP contribution >= 0.6 is 0 Å². The summed E-state index contributed by atoms with van der Waals surface area (Å²) in [5.74, 6) is 0.583. The Balaban J connectivity index is 2.33. The molecule has 0 atom stereocenters. The van der Waals surface area contributed by atoms with Gasteiger partial charge in [-0.25, -0.2) is 0 Å². The number of aromatic amines is 1. The number of hydrogen-bond acceptors (Lipinski definition) is 5. The second kappa shape index (κ2) is 5.75. The van der Waals surface area contributed by atoms with Gasteiger partial charge in [0.05, 0.1) is 26.0 Å². The molecule has 0 saturated heterocycles. The summed E-state index contributed by atoms with van der Waals surface area (Å²) in [5, 5.41) is 17.7. The maximum absolute atomic E-state index is 12.2. The van der Waals surface area contributed by atoms with Crippen molar-refractivity contribution in [1.82, 2.24) is 10.2 Å². The second-order valence-corrected chi connectivity index (χ2v) is 3.77. The number of nitrogens with zero attached hydrogens (tertiary/aromatic N) is 2. The summed E-state index contributed by atoms with van der Waals surface area (Å²) in [6, 6.07) is 6.88. The molecule has 1 aromatic carbocycles. The minimum absolute atomic E-state index is 0.238. The number of H-pyrrole nitrogens is 1. The van der Waals surface area contributed by atoms with Crippen molar-refractivity contribution < 1.29 is 14.3 Å². The van der Waals surface area contributed by atoms with Crippen molar-refractivity contribution in [3.8, 4) is 17.6 Å². The van der Waals surface area contributed by atoms with Crippen LogP contribution < -0.4 is 14.8 Å². The van der Waals surface area contributed by atoms with E-state index >= 15 is 0 Å². The lowest BCUT2D eigenvalue weighted by atomic mass is 10.1. The second-order valence-electron chi connectivity index (χ2n) is 3.77. The van der Waals surface area contributed by atoms with Crippen molar-refractivity contribution in [3.05, 3.63) is 35.5 Å². The molecule has 0 spiro atoms. The molecule has 1 aromatic heterocycles. The lowest BCUT2D eigenvalue weighted by molar-refractivity contribution is 0.102. The fourth-order valence-electron chi connectivity index (χ4n) is 1.71. The fraction of sp³-hybridized carbons (Fsp3) is 0.154. The monoisotopic (exact) mass is 272 g/mol. The summed E-state index contributed by atoms with van der Waals surface area (Å²) in [6.07, 6.45) is 1.33. The highest BCUT2D eigenvalue weighted by Gasteiger charge is 2.18. The van der Waals surface area contributed by atoms with E-state index < -0.39 is 5.91 Å². The largest absolute Gasteiger partial charge is 0.493 e. The molecule has 0 aliphatic heterocycles. The molecule has 0 bridgehead atoms. The third-order valence-electron chi connectivity index (χ3n) is 2.65. The van der Waals surface area contributed by atoms with E-state index in [4.69, 9.17) is 14.7 Å². The summed E-state index contributed by atoms with van der Waals surface area (Å²) >= 11 is 0. The average Bonchev–Trinajstić information content (AvgIpc) is 2.93. The summed E-state index contributed by atoms with van der Waals surface area (Å²) < 4.78 is 10.3. The standard InChI is InChI=1S/C13H12N4O3/c1-19-10-5-3-4-9(11(10)20-2)13(18)16-12-8(6-14)7-15-17-12/h3-5,7H,1-2H3,(H2,15,16,17,18). The lowest BCUT2D eigenvalue weighted by Crippen LogP contribution is -2.14. The molecular formula is C13H12N4O3. The van der Waals surface area contributed by atoms with E-state index in [9.17, 15) is 4.79 Å². The SMILES string of the molecule is COc1cccc(C(=O)Nc2[nH]ncc2C#N)c1OC. The summed E-state index contributed by atoms with van der Waals surface area (Å²) in [5.41, 5.74) is 0.547. The van der Waals surface area contributed by atoms with E-state index in [2.05, 4.69) is 15.5 Å². The van der Waals surface area contributed by atoms with E-state index in [0.29, 0.717) is 17.1 Å². The number of methoxy groups -OCH3 is 2. The first kappa shape index (κ1) is 13.4. The zero-order chi connectivity index (χ0) is 14.5. The van der Waals surface area contributed by atoms with Gasteiger partial charge in [-0.05, 0) is 12.1 Å². The Morgan fingerprint density at radius 1 is 1.40 bits per heavy atom. The first-order chi connectivity index (χ1) is 9.71. The van der Waals surface area contributed by atoms with Crippen molar-refractivity contribution in [2.45, 2.75) is 0 Å². The molecule has 0 fully saturated rings. The Kier molecular flexibility index (Phi) is 3.86. The van der Waals surface area contributed by atoms with Crippen molar-refractivity contribution in [2.24, 2.45) is 0 Å². The van der Waals surface area contributed by atoms with Crippen LogP contribution in [0.5, 0.6) is 11.5 Å². The first-order valence-electron chi connectivity index (χ1n) is 5.67. The molecule has 20 heavy (non-hydrogen) atoms. The molecule has 102 valence electrons. The topological polar surface area (TPSA) is 100 Å². The Labute approximate surface area is 115 Å². The van der Waals surface area contributed by atoms with Crippen LogP contribution in [0, 0.1) is 11.3 Å². The molecule has 2 N–H and O–H groups in total. The number of carbonyl (C=O) groups excluding carboxylic acids is 1. The van der Waals surface area contributed by atoms with Crippen LogP contribution in [0.1, 0.15) is 15.9 Å². The number of carbonyl (C=O) groups is 1. The maximum Gasteiger partial charge on any atom is 0.260 e. The van der Waals surface area contributed by atoms with Gasteiger partial charge in [0.2, 0.25) is 0 Å². The highest BCUT2D eigenvalue weighted by molar-refractivity contribution is 6.06. The van der Waals surface area contributed by atoms with Crippen LogP contribution in [0.3, 0.4) is 0 Å². The molecule has 0 radical (unpaired) electrons. The molecular weight excluding hydrogens is 260 g/mol. The van der Waals surface area contributed by atoms with Crippen LogP contribution in [-0.4, -0.2) is 30.3 Å². The minimum Gasteiger partial charge on any atom is -0.493 e. The fourth-order valence-corrected chi connectivity index (χ4v) is 1.71. The summed E-state index contributed by atoms with van der Waals surface area (Å²) in [7, 11) is 2.94. The number of anilines is 1. The Bertz CT molecular complexity index is 672. The minimum atomic E-state index is -0.429. The molecule has 7 nitrogen and oxygen atoms in total. The zero-order valence-electron chi connectivity index (χ0n) is 10.9. The molecule has 7 heteroatoms. The number of hydrogen-bond donors (Lipinski definition) is 2. The normalized spacial score (nSPS) is 9.65. The quantitative estimate of drug-likeness (QED) is 0.879. The molecule has 0 saturated carbocycles. The van der Waals surface area contributed by atoms with Gasteiger partial charge in [0.1, 0.15) is 17.5 Å². The van der Waals surface area contributed by atoms with Crippen molar-refractivity contribution >= 4 is 11.7 Å². The van der Waals surface area contributed by atoms with Crippen LogP contribution in [-0.2, 0) is 0 Å². The van der Waals surface area contributed by atoms with E-state index in [1.54, 1.807) is 18.2 Å². The van der Waals surface area contributed by atoms with E-state index in [1.807, 2.05) is 6.07 Å². The number of amides is 1. The van der Waals surface area contributed by atoms with Gasteiger partial charge in [-0.1, -0.05) is 6.07 Å². The van der Waals surface area contributed by atoms with Crippen molar-refractivity contribution in [2.75, 3.05) is 19.5 Å². The van der Waals surface area contributed by atoms with E-state index in [0.717, 1.165) is 0 Å². The molecule has 0 unspecified atom stereocenters. The number of para-hydroxylation sites is 1. The van der Waals surface area contributed by atoms with Gasteiger partial charge in [-0.2, -0.15) is 10.4 Å². The van der Waals surface area contributed by atoms with Gasteiger partial charge in [-0.15, -0.1) is 0 Å². The molecule has 1 heterocycles. The van der Waals surface area contributed by atoms with Crippen LogP contribution in [0.25, 0.3) is 0 Å². The highest BCUT2D eigenvalue weighted by atomic mass is 16.5. The first-order valence-corrected chi connectivity index (χ1v) is 5.67. The third-order valence-corrected chi connectivity index (χ3v) is 2.65. The van der Waals surface area contributed by atoms with E-state index in [-0.39, 0.29) is 11.4 Å². The number of aromatic nitrogens is 2. The summed E-state index contributed by atoms with van der Waals surface area (Å²) in [4.78, 5) is 12.2. The number of nitrogens with one attached hydrogen (secondary N) is 2. The molecule has 1 amide bonds. The van der Waals surface area contributed by atoms with E-state index in [1.165, 1.54) is 20.4 Å². The smallest absolute Gasteiger partial charge is 0.260 e. The van der Waals surface area contributed by atoms with Gasteiger partial charge in [0.25, 0.3) is 5.91 Å².